The van der Waals surface area contributed by atoms with Gasteiger partial charge in [-0.3, -0.25) is 4.57 Å². The Labute approximate surface area is 198 Å². The van der Waals surface area contributed by atoms with Gasteiger partial charge in [-0.25, -0.2) is 14.6 Å². The molecular weight excluding hydrogens is 466 g/mol. The molecule has 0 aliphatic carbocycles. The summed E-state index contributed by atoms with van der Waals surface area (Å²) in [6, 6.07) is 12.2. The fraction of sp³-hybridized carbons (Fsp3) is 0.261. The van der Waals surface area contributed by atoms with Crippen molar-refractivity contribution in [3.8, 4) is 5.75 Å². The van der Waals surface area contributed by atoms with Crippen molar-refractivity contribution in [1.29, 1.82) is 0 Å². The Bertz CT molecular complexity index is 1240. The number of thioether (sulfide) groups is 1. The van der Waals surface area contributed by atoms with Gasteiger partial charge in [-0.2, -0.15) is 8.78 Å². The van der Waals surface area contributed by atoms with Crippen molar-refractivity contribution < 1.29 is 27.8 Å². The Morgan fingerprint density at radius 1 is 1.21 bits per heavy atom. The number of carbonyl (C=O) groups excluding carboxylic acids is 2. The largest absolute Gasteiger partial charge is 0.497 e. The van der Waals surface area contributed by atoms with Crippen molar-refractivity contribution in [3.63, 3.8) is 0 Å². The predicted molar refractivity (Wildman–Crippen MR) is 123 cm³/mol. The summed E-state index contributed by atoms with van der Waals surface area (Å²) >= 11 is 0.996. The third-order valence-corrected chi connectivity index (χ3v) is 6.18. The Kier molecular flexibility index (Phi) is 7.01. The van der Waals surface area contributed by atoms with Crippen molar-refractivity contribution in [2.45, 2.75) is 24.7 Å². The highest BCUT2D eigenvalue weighted by Crippen LogP contribution is 2.34. The highest BCUT2D eigenvalue weighted by Gasteiger charge is 2.34. The summed E-state index contributed by atoms with van der Waals surface area (Å²) in [5.74, 6) is 0.0192. The number of carbonyl (C=O) groups is 2. The first-order valence-electron chi connectivity index (χ1n) is 10.4. The first-order chi connectivity index (χ1) is 16.4. The van der Waals surface area contributed by atoms with Crippen LogP contribution in [0.2, 0.25) is 0 Å². The average Bonchev–Trinajstić information content (AvgIpc) is 3.21. The third kappa shape index (κ3) is 4.69. The van der Waals surface area contributed by atoms with Gasteiger partial charge in [-0.05, 0) is 36.8 Å². The molecule has 0 fully saturated rings. The number of halogens is 2. The minimum absolute atomic E-state index is 0.0181. The van der Waals surface area contributed by atoms with Gasteiger partial charge in [-0.1, -0.05) is 36.0 Å². The van der Waals surface area contributed by atoms with E-state index in [-0.39, 0.29) is 28.8 Å². The summed E-state index contributed by atoms with van der Waals surface area (Å²) in [6.07, 6.45) is 0. The second-order valence-electron chi connectivity index (χ2n) is 7.24. The number of nitrogens with one attached hydrogen (secondary N) is 2. The van der Waals surface area contributed by atoms with Crippen LogP contribution in [0.5, 0.6) is 5.75 Å². The van der Waals surface area contributed by atoms with Gasteiger partial charge >= 0.3 is 18.5 Å². The normalized spacial score (nSPS) is 15.9. The zero-order valence-corrected chi connectivity index (χ0v) is 19.2. The first-order valence-corrected chi connectivity index (χ1v) is 11.4. The van der Waals surface area contributed by atoms with E-state index < -0.39 is 24.6 Å². The van der Waals surface area contributed by atoms with Gasteiger partial charge in [0.1, 0.15) is 5.75 Å². The molecule has 1 unspecified atom stereocenters. The number of imidazole rings is 1. The number of fused-ring (bicyclic) bond motifs is 1. The minimum Gasteiger partial charge on any atom is -0.497 e. The number of urea groups is 1. The van der Waals surface area contributed by atoms with E-state index >= 15 is 0 Å². The SMILES string of the molecule is CCOC(=O)C1=C(CSc2nc3ccccc3n2C(F)F)NC(=O)NC1c1ccc(OC)cc1. The van der Waals surface area contributed by atoms with Crippen molar-refractivity contribution in [2.75, 3.05) is 19.5 Å². The smallest absolute Gasteiger partial charge is 0.338 e. The van der Waals surface area contributed by atoms with Gasteiger partial charge in [0.25, 0.3) is 0 Å². The highest BCUT2D eigenvalue weighted by molar-refractivity contribution is 7.99. The van der Waals surface area contributed by atoms with Crippen LogP contribution in [0.25, 0.3) is 11.0 Å². The topological polar surface area (TPSA) is 94.5 Å². The Morgan fingerprint density at radius 3 is 2.62 bits per heavy atom. The lowest BCUT2D eigenvalue weighted by Gasteiger charge is -2.29. The molecular formula is C23H22F2N4O4S. The van der Waals surface area contributed by atoms with Crippen molar-refractivity contribution in [3.05, 3.63) is 65.4 Å². The van der Waals surface area contributed by atoms with Crippen LogP contribution in [-0.2, 0) is 9.53 Å². The lowest BCUT2D eigenvalue weighted by atomic mass is 9.95. The maximum Gasteiger partial charge on any atom is 0.338 e. The number of methoxy groups -OCH3 is 1. The van der Waals surface area contributed by atoms with E-state index in [1.54, 1.807) is 55.5 Å². The molecule has 0 spiro atoms. The number of hydrogen-bond acceptors (Lipinski definition) is 6. The Morgan fingerprint density at radius 2 is 1.94 bits per heavy atom. The molecule has 0 radical (unpaired) electrons. The second-order valence-corrected chi connectivity index (χ2v) is 8.18. The predicted octanol–water partition coefficient (Wildman–Crippen LogP) is 4.40. The Hall–Kier alpha value is -3.60. The zero-order chi connectivity index (χ0) is 24.2. The van der Waals surface area contributed by atoms with E-state index in [9.17, 15) is 18.4 Å². The van der Waals surface area contributed by atoms with Gasteiger partial charge in [0.15, 0.2) is 5.16 Å². The molecule has 2 amide bonds. The van der Waals surface area contributed by atoms with E-state index in [4.69, 9.17) is 9.47 Å². The lowest BCUT2D eigenvalue weighted by molar-refractivity contribution is -0.139. The number of rotatable bonds is 8. The molecule has 2 aromatic carbocycles. The van der Waals surface area contributed by atoms with Crippen LogP contribution in [0.15, 0.2) is 65.0 Å². The maximum atomic E-state index is 13.8. The molecule has 1 atom stereocenters. The summed E-state index contributed by atoms with van der Waals surface area (Å²) < 4.78 is 38.9. The van der Waals surface area contributed by atoms with Gasteiger partial charge in [0.2, 0.25) is 0 Å². The van der Waals surface area contributed by atoms with Gasteiger partial charge < -0.3 is 20.1 Å². The van der Waals surface area contributed by atoms with Crippen LogP contribution in [0.1, 0.15) is 25.1 Å². The quantitative estimate of drug-likeness (QED) is 0.361. The number of nitrogens with zero attached hydrogens (tertiary/aromatic N) is 2. The monoisotopic (exact) mass is 488 g/mol. The van der Waals surface area contributed by atoms with Gasteiger partial charge in [0.05, 0.1) is 36.4 Å². The molecule has 1 aliphatic heterocycles. The summed E-state index contributed by atoms with van der Waals surface area (Å²) in [6.45, 7) is -0.995. The van der Waals surface area contributed by atoms with Gasteiger partial charge in [-0.15, -0.1) is 0 Å². The number of para-hydroxylation sites is 2. The second kappa shape index (κ2) is 10.1. The number of esters is 1. The summed E-state index contributed by atoms with van der Waals surface area (Å²) in [7, 11) is 1.54. The molecule has 34 heavy (non-hydrogen) atoms. The standard InChI is InChI=1S/C23H22F2N4O4S/c1-3-33-20(30)18-16(26-22(31)28-19(18)13-8-10-14(32-2)11-9-13)12-34-23-27-15-6-4-5-7-17(15)29(23)21(24)25/h4-11,19,21H,3,12H2,1-2H3,(H2,26,28,31). The van der Waals surface area contributed by atoms with Crippen molar-refractivity contribution in [2.24, 2.45) is 0 Å². The van der Waals surface area contributed by atoms with Crippen LogP contribution in [0.4, 0.5) is 13.6 Å². The molecule has 2 heterocycles. The summed E-state index contributed by atoms with van der Waals surface area (Å²) in [5.41, 5.74) is 1.82. The number of aromatic nitrogens is 2. The molecule has 8 nitrogen and oxygen atoms in total. The van der Waals surface area contributed by atoms with Crippen LogP contribution >= 0.6 is 11.8 Å². The molecule has 3 aromatic rings. The van der Waals surface area contributed by atoms with Crippen LogP contribution in [-0.4, -0.2) is 41.0 Å². The fourth-order valence-electron chi connectivity index (χ4n) is 3.68. The van der Waals surface area contributed by atoms with E-state index in [0.717, 1.165) is 16.3 Å². The van der Waals surface area contributed by atoms with Crippen LogP contribution in [0, 0.1) is 0 Å². The molecule has 4 rings (SSSR count). The third-order valence-electron chi connectivity index (χ3n) is 5.20. The van der Waals surface area contributed by atoms with Crippen molar-refractivity contribution >= 4 is 34.8 Å². The van der Waals surface area contributed by atoms with E-state index in [0.29, 0.717) is 22.3 Å². The van der Waals surface area contributed by atoms with Crippen LogP contribution in [0.3, 0.4) is 0 Å². The average molecular weight is 489 g/mol. The van der Waals surface area contributed by atoms with Gasteiger partial charge in [0, 0.05) is 11.4 Å². The Balaban J connectivity index is 1.72. The number of ether oxygens (including phenoxy) is 2. The molecule has 1 aromatic heterocycles. The highest BCUT2D eigenvalue weighted by atomic mass is 32.2. The summed E-state index contributed by atoms with van der Waals surface area (Å²) in [5, 5.41) is 5.45. The molecule has 0 saturated carbocycles. The molecule has 0 saturated heterocycles. The maximum absolute atomic E-state index is 13.8. The first kappa shape index (κ1) is 23.6. The number of amides is 2. The van der Waals surface area contributed by atoms with Crippen LogP contribution < -0.4 is 15.4 Å². The molecule has 178 valence electrons. The van der Waals surface area contributed by atoms with E-state index in [2.05, 4.69) is 15.6 Å². The number of hydrogen-bond donors (Lipinski definition) is 2. The molecule has 2 N–H and O–H groups in total. The van der Waals surface area contributed by atoms with Crippen molar-refractivity contribution in [1.82, 2.24) is 20.2 Å². The molecule has 0 bridgehead atoms. The van der Waals surface area contributed by atoms with E-state index in [1.807, 2.05) is 0 Å². The summed E-state index contributed by atoms with van der Waals surface area (Å²) in [4.78, 5) is 29.7. The number of alkyl halides is 2. The minimum atomic E-state index is -2.80. The lowest BCUT2D eigenvalue weighted by Crippen LogP contribution is -2.46. The fourth-order valence-corrected chi connectivity index (χ4v) is 4.66. The molecule has 11 heteroatoms. The van der Waals surface area contributed by atoms with E-state index in [1.165, 1.54) is 7.11 Å². The molecule has 1 aliphatic rings. The number of benzene rings is 2. The zero-order valence-electron chi connectivity index (χ0n) is 18.4.